The number of nitrogens with two attached hydrogens (primary N) is 1. The zero-order valence-electron chi connectivity index (χ0n) is 14.6. The monoisotopic (exact) mass is 331 g/mol. The van der Waals surface area contributed by atoms with Crippen LogP contribution in [0.1, 0.15) is 39.2 Å². The molecule has 4 N–H and O–H groups in total. The standard InChI is InChI=1S/C18H25N3O3/c1-17(2,3)24-16(22)21-13-7-5-12(6-8-13)15(20-4)14(11-19)18(23)9-10-18/h5-8,11,23H,9-10,19H2,1-4H3,(H,21,22). The Kier molecular flexibility index (Phi) is 4.99. The molecular weight excluding hydrogens is 306 g/mol. The number of amides is 1. The van der Waals surface area contributed by atoms with E-state index in [9.17, 15) is 9.90 Å². The molecule has 0 radical (unpaired) electrons. The maximum Gasteiger partial charge on any atom is 0.412 e. The molecular formula is C18H25N3O3. The van der Waals surface area contributed by atoms with Gasteiger partial charge < -0.3 is 15.6 Å². The van der Waals surface area contributed by atoms with Crippen molar-refractivity contribution in [2.24, 2.45) is 10.7 Å². The highest BCUT2D eigenvalue weighted by atomic mass is 16.6. The smallest absolute Gasteiger partial charge is 0.412 e. The average molecular weight is 331 g/mol. The molecule has 1 fully saturated rings. The Hall–Kier alpha value is -2.34. The number of aliphatic hydroxyl groups is 1. The molecule has 0 spiro atoms. The zero-order chi connectivity index (χ0) is 18.0. The van der Waals surface area contributed by atoms with Crippen LogP contribution in [0.15, 0.2) is 41.0 Å². The SMILES string of the molecule is CN=C(C(=CN)C1(O)CC1)c1ccc(NC(=O)OC(C)(C)C)cc1. The lowest BCUT2D eigenvalue weighted by Crippen LogP contribution is -2.27. The number of carbonyl (C=O) groups is 1. The van der Waals surface area contributed by atoms with E-state index < -0.39 is 17.3 Å². The molecule has 6 nitrogen and oxygen atoms in total. The Morgan fingerprint density at radius 2 is 1.92 bits per heavy atom. The van der Waals surface area contributed by atoms with Gasteiger partial charge in [0.2, 0.25) is 0 Å². The minimum Gasteiger partial charge on any atom is -0.444 e. The molecule has 1 aliphatic rings. The first-order valence-electron chi connectivity index (χ1n) is 7.91. The van der Waals surface area contributed by atoms with Crippen LogP contribution in [-0.4, -0.2) is 35.2 Å². The van der Waals surface area contributed by atoms with Crippen LogP contribution in [0.4, 0.5) is 10.5 Å². The minimum atomic E-state index is -0.864. The van der Waals surface area contributed by atoms with Gasteiger partial charge in [-0.25, -0.2) is 4.79 Å². The first-order chi connectivity index (χ1) is 11.2. The van der Waals surface area contributed by atoms with Gasteiger partial charge in [0.15, 0.2) is 0 Å². The second-order valence-corrected chi connectivity index (χ2v) is 6.89. The first-order valence-corrected chi connectivity index (χ1v) is 7.91. The van der Waals surface area contributed by atoms with Gasteiger partial charge in [-0.05, 0) is 45.7 Å². The Morgan fingerprint density at radius 1 is 1.33 bits per heavy atom. The molecule has 1 amide bonds. The number of nitrogens with zero attached hydrogens (tertiary/aromatic N) is 1. The van der Waals surface area contributed by atoms with E-state index in [4.69, 9.17) is 10.5 Å². The van der Waals surface area contributed by atoms with Gasteiger partial charge >= 0.3 is 6.09 Å². The second kappa shape index (κ2) is 6.65. The molecule has 1 saturated carbocycles. The first kappa shape index (κ1) is 18.0. The molecule has 1 aromatic carbocycles. The molecule has 130 valence electrons. The highest BCUT2D eigenvalue weighted by molar-refractivity contribution is 6.14. The lowest BCUT2D eigenvalue weighted by atomic mass is 9.97. The molecule has 2 rings (SSSR count). The summed E-state index contributed by atoms with van der Waals surface area (Å²) < 4.78 is 5.22. The van der Waals surface area contributed by atoms with E-state index in [1.165, 1.54) is 6.20 Å². The maximum absolute atomic E-state index is 11.8. The van der Waals surface area contributed by atoms with Crippen molar-refractivity contribution in [1.29, 1.82) is 0 Å². The van der Waals surface area contributed by atoms with Gasteiger partial charge in [0.05, 0.1) is 11.3 Å². The van der Waals surface area contributed by atoms with Gasteiger partial charge in [-0.3, -0.25) is 10.3 Å². The van der Waals surface area contributed by atoms with Crippen LogP contribution in [-0.2, 0) is 4.74 Å². The molecule has 1 aliphatic carbocycles. The number of aliphatic imine (C=N–C) groups is 1. The molecule has 6 heteroatoms. The third kappa shape index (κ3) is 4.35. The Balaban J connectivity index is 2.12. The molecule has 24 heavy (non-hydrogen) atoms. The quantitative estimate of drug-likeness (QED) is 0.739. The van der Waals surface area contributed by atoms with Gasteiger partial charge in [-0.2, -0.15) is 0 Å². The predicted octanol–water partition coefficient (Wildman–Crippen LogP) is 2.82. The summed E-state index contributed by atoms with van der Waals surface area (Å²) in [5, 5.41) is 13.0. The molecule has 0 bridgehead atoms. The van der Waals surface area contributed by atoms with Gasteiger partial charge in [0, 0.05) is 30.1 Å². The van der Waals surface area contributed by atoms with Gasteiger partial charge in [0.25, 0.3) is 0 Å². The lowest BCUT2D eigenvalue weighted by molar-refractivity contribution is 0.0636. The maximum atomic E-state index is 11.8. The molecule has 0 unspecified atom stereocenters. The van der Waals surface area contributed by atoms with Gasteiger partial charge in [-0.15, -0.1) is 0 Å². The van der Waals surface area contributed by atoms with E-state index in [1.807, 2.05) is 32.9 Å². The number of rotatable bonds is 4. The summed E-state index contributed by atoms with van der Waals surface area (Å²) in [6.45, 7) is 5.43. The van der Waals surface area contributed by atoms with Gasteiger partial charge in [0.1, 0.15) is 5.60 Å². The van der Waals surface area contributed by atoms with Crippen molar-refractivity contribution >= 4 is 17.5 Å². The summed E-state index contributed by atoms with van der Waals surface area (Å²) in [5.74, 6) is 0. The largest absolute Gasteiger partial charge is 0.444 e. The van der Waals surface area contributed by atoms with Crippen LogP contribution in [0.2, 0.25) is 0 Å². The van der Waals surface area contributed by atoms with E-state index in [2.05, 4.69) is 10.3 Å². The Bertz CT molecular complexity index is 666. The number of hydrogen-bond acceptors (Lipinski definition) is 5. The van der Waals surface area contributed by atoms with E-state index in [-0.39, 0.29) is 0 Å². The summed E-state index contributed by atoms with van der Waals surface area (Å²) in [6.07, 6.45) is 2.29. The van der Waals surface area contributed by atoms with Crippen LogP contribution in [0.25, 0.3) is 0 Å². The second-order valence-electron chi connectivity index (χ2n) is 6.89. The van der Waals surface area contributed by atoms with Crippen LogP contribution >= 0.6 is 0 Å². The minimum absolute atomic E-state index is 0.505. The highest BCUT2D eigenvalue weighted by Crippen LogP contribution is 2.43. The van der Waals surface area contributed by atoms with Crippen molar-refractivity contribution < 1.29 is 14.6 Å². The van der Waals surface area contributed by atoms with Gasteiger partial charge in [-0.1, -0.05) is 12.1 Å². The summed E-state index contributed by atoms with van der Waals surface area (Å²) in [4.78, 5) is 16.1. The van der Waals surface area contributed by atoms with Crippen LogP contribution in [0.5, 0.6) is 0 Å². The van der Waals surface area contributed by atoms with Crippen molar-refractivity contribution in [3.8, 4) is 0 Å². The summed E-state index contributed by atoms with van der Waals surface area (Å²) in [5.41, 5.74) is 7.01. The number of carbonyl (C=O) groups excluding carboxylic acids is 1. The van der Waals surface area contributed by atoms with E-state index in [0.717, 1.165) is 5.56 Å². The number of nitrogens with one attached hydrogen (secondary N) is 1. The van der Waals surface area contributed by atoms with Crippen molar-refractivity contribution in [2.45, 2.75) is 44.8 Å². The summed E-state index contributed by atoms with van der Waals surface area (Å²) in [6, 6.07) is 7.17. The van der Waals surface area contributed by atoms with Crippen LogP contribution in [0, 0.1) is 0 Å². The zero-order valence-corrected chi connectivity index (χ0v) is 14.6. The average Bonchev–Trinajstić information content (AvgIpc) is 3.22. The summed E-state index contributed by atoms with van der Waals surface area (Å²) >= 11 is 0. The number of hydrogen-bond donors (Lipinski definition) is 3. The molecule has 0 atom stereocenters. The van der Waals surface area contributed by atoms with Crippen molar-refractivity contribution in [3.05, 3.63) is 41.6 Å². The molecule has 0 aromatic heterocycles. The Labute approximate surface area is 142 Å². The number of benzene rings is 1. The third-order valence-electron chi connectivity index (χ3n) is 3.67. The Morgan fingerprint density at radius 3 is 2.33 bits per heavy atom. The molecule has 1 aromatic rings. The topological polar surface area (TPSA) is 96.9 Å². The fraction of sp³-hybridized carbons (Fsp3) is 0.444. The fourth-order valence-corrected chi connectivity index (χ4v) is 2.38. The molecule has 0 aliphatic heterocycles. The lowest BCUT2D eigenvalue weighted by Gasteiger charge is -2.20. The van der Waals surface area contributed by atoms with E-state index >= 15 is 0 Å². The fourth-order valence-electron chi connectivity index (χ4n) is 2.38. The van der Waals surface area contributed by atoms with Crippen LogP contribution in [0.3, 0.4) is 0 Å². The number of anilines is 1. The third-order valence-corrected chi connectivity index (χ3v) is 3.67. The molecule has 0 heterocycles. The predicted molar refractivity (Wildman–Crippen MR) is 95.2 cm³/mol. The van der Waals surface area contributed by atoms with Crippen molar-refractivity contribution in [3.63, 3.8) is 0 Å². The normalized spacial score (nSPS) is 17.4. The van der Waals surface area contributed by atoms with Crippen molar-refractivity contribution in [2.75, 3.05) is 12.4 Å². The van der Waals surface area contributed by atoms with Crippen LogP contribution < -0.4 is 11.1 Å². The highest BCUT2D eigenvalue weighted by Gasteiger charge is 2.45. The van der Waals surface area contributed by atoms with E-state index in [1.54, 1.807) is 19.2 Å². The van der Waals surface area contributed by atoms with E-state index in [0.29, 0.717) is 29.8 Å². The number of ether oxygens (including phenoxy) is 1. The summed E-state index contributed by atoms with van der Waals surface area (Å²) in [7, 11) is 1.66. The van der Waals surface area contributed by atoms with Crippen molar-refractivity contribution in [1.82, 2.24) is 0 Å². The molecule has 0 saturated heterocycles.